The van der Waals surface area contributed by atoms with Gasteiger partial charge in [0.1, 0.15) is 18.6 Å². The van der Waals surface area contributed by atoms with Gasteiger partial charge in [0.25, 0.3) is 0 Å². The second kappa shape index (κ2) is 7.81. The van der Waals surface area contributed by atoms with Gasteiger partial charge in [-0.25, -0.2) is 24.5 Å². The van der Waals surface area contributed by atoms with E-state index in [9.17, 15) is 4.39 Å². The van der Waals surface area contributed by atoms with E-state index in [2.05, 4.69) is 32.0 Å². The van der Waals surface area contributed by atoms with E-state index >= 15 is 0 Å². The summed E-state index contributed by atoms with van der Waals surface area (Å²) in [5, 5.41) is 4.41. The van der Waals surface area contributed by atoms with Crippen LogP contribution in [0.25, 0.3) is 17.2 Å². The predicted molar refractivity (Wildman–Crippen MR) is 100 cm³/mol. The van der Waals surface area contributed by atoms with Crippen molar-refractivity contribution in [3.05, 3.63) is 59.9 Å². The van der Waals surface area contributed by atoms with Crippen molar-refractivity contribution in [1.82, 2.24) is 34.1 Å². The van der Waals surface area contributed by atoms with E-state index in [-0.39, 0.29) is 0 Å². The smallest absolute Gasteiger partial charge is 0.213 e. The minimum Gasteiger partial charge on any atom is -0.377 e. The Labute approximate surface area is 161 Å². The molecular formula is C19H20FN7O. The molecular weight excluding hydrogens is 361 g/mol. The van der Waals surface area contributed by atoms with Crippen LogP contribution < -0.4 is 0 Å². The average Bonchev–Trinajstić information content (AvgIpc) is 3.31. The van der Waals surface area contributed by atoms with Crippen molar-refractivity contribution < 1.29 is 9.13 Å². The lowest BCUT2D eigenvalue weighted by Gasteiger charge is -2.11. The molecule has 4 rings (SSSR count). The summed E-state index contributed by atoms with van der Waals surface area (Å²) in [7, 11) is 1.61. The molecule has 0 aliphatic heterocycles. The molecule has 4 heterocycles. The number of halogens is 1. The predicted octanol–water partition coefficient (Wildman–Crippen LogP) is 2.67. The molecule has 0 saturated heterocycles. The number of fused-ring (bicyclic) bond motifs is 1. The van der Waals surface area contributed by atoms with Crippen LogP contribution in [-0.4, -0.2) is 41.2 Å². The molecule has 0 N–H and O–H groups in total. The van der Waals surface area contributed by atoms with Gasteiger partial charge in [0, 0.05) is 25.1 Å². The third-order valence-corrected chi connectivity index (χ3v) is 4.37. The molecule has 0 unspecified atom stereocenters. The summed E-state index contributed by atoms with van der Waals surface area (Å²) in [5.74, 6) is 0.670. The van der Waals surface area contributed by atoms with Gasteiger partial charge in [-0.05, 0) is 18.6 Å². The van der Waals surface area contributed by atoms with E-state index in [1.165, 1.54) is 6.07 Å². The lowest BCUT2D eigenvalue weighted by Crippen LogP contribution is -2.09. The van der Waals surface area contributed by atoms with Crippen molar-refractivity contribution in [2.45, 2.75) is 32.9 Å². The zero-order valence-corrected chi connectivity index (χ0v) is 15.7. The van der Waals surface area contributed by atoms with Gasteiger partial charge in [-0.15, -0.1) is 5.10 Å². The molecule has 0 radical (unpaired) electrons. The zero-order chi connectivity index (χ0) is 19.5. The minimum atomic E-state index is -0.535. The maximum absolute atomic E-state index is 13.5. The van der Waals surface area contributed by atoms with Gasteiger partial charge in [0.2, 0.25) is 5.95 Å². The Morgan fingerprint density at radius 2 is 2.07 bits per heavy atom. The van der Waals surface area contributed by atoms with E-state index in [1.54, 1.807) is 36.3 Å². The van der Waals surface area contributed by atoms with E-state index in [0.717, 1.165) is 29.7 Å². The molecule has 0 aliphatic carbocycles. The fraction of sp³-hybridized carbons (Fsp3) is 0.316. The maximum atomic E-state index is 13.5. The normalized spacial score (nSPS) is 11.4. The van der Waals surface area contributed by atoms with Crippen LogP contribution >= 0.6 is 0 Å². The Balaban J connectivity index is 1.74. The quantitative estimate of drug-likeness (QED) is 0.458. The van der Waals surface area contributed by atoms with E-state index < -0.39 is 5.95 Å². The van der Waals surface area contributed by atoms with Gasteiger partial charge >= 0.3 is 0 Å². The lowest BCUT2D eigenvalue weighted by molar-refractivity contribution is 0.178. The first-order valence-corrected chi connectivity index (χ1v) is 9.04. The van der Waals surface area contributed by atoms with E-state index in [1.807, 2.05) is 10.8 Å². The highest BCUT2D eigenvalue weighted by molar-refractivity contribution is 5.51. The zero-order valence-electron chi connectivity index (χ0n) is 15.7. The fourth-order valence-corrected chi connectivity index (χ4v) is 3.18. The molecule has 9 heteroatoms. The molecule has 0 aromatic carbocycles. The monoisotopic (exact) mass is 381 g/mol. The highest BCUT2D eigenvalue weighted by atomic mass is 19.1. The van der Waals surface area contributed by atoms with Crippen molar-refractivity contribution in [3.8, 4) is 11.5 Å². The number of rotatable bonds is 7. The van der Waals surface area contributed by atoms with Crippen molar-refractivity contribution >= 4 is 5.65 Å². The van der Waals surface area contributed by atoms with Crippen molar-refractivity contribution in [3.63, 3.8) is 0 Å². The number of nitrogens with zero attached hydrogens (tertiary/aromatic N) is 7. The number of hydrogen-bond acceptors (Lipinski definition) is 6. The molecule has 0 saturated carbocycles. The molecule has 0 aliphatic rings. The molecule has 8 nitrogen and oxygen atoms in total. The minimum absolute atomic E-state index is 0.347. The first-order valence-electron chi connectivity index (χ1n) is 9.04. The number of pyridine rings is 1. The second-order valence-electron chi connectivity index (χ2n) is 6.37. The molecule has 0 bridgehead atoms. The van der Waals surface area contributed by atoms with Gasteiger partial charge in [0.05, 0.1) is 12.2 Å². The van der Waals surface area contributed by atoms with Gasteiger partial charge in [-0.1, -0.05) is 19.4 Å². The molecule has 28 heavy (non-hydrogen) atoms. The summed E-state index contributed by atoms with van der Waals surface area (Å²) < 4.78 is 22.3. The maximum Gasteiger partial charge on any atom is 0.213 e. The highest BCUT2D eigenvalue weighted by Gasteiger charge is 2.16. The first kappa shape index (κ1) is 18.2. The van der Waals surface area contributed by atoms with Gasteiger partial charge < -0.3 is 9.30 Å². The number of aromatic nitrogens is 7. The lowest BCUT2D eigenvalue weighted by atomic mass is 10.1. The summed E-state index contributed by atoms with van der Waals surface area (Å²) in [5.41, 5.74) is 3.17. The highest BCUT2D eigenvalue weighted by Crippen LogP contribution is 2.20. The van der Waals surface area contributed by atoms with Crippen LogP contribution in [0.5, 0.6) is 0 Å². The fourth-order valence-electron chi connectivity index (χ4n) is 3.18. The Kier molecular flexibility index (Phi) is 5.07. The van der Waals surface area contributed by atoms with Crippen molar-refractivity contribution in [2.75, 3.05) is 7.11 Å². The summed E-state index contributed by atoms with van der Waals surface area (Å²) in [4.78, 5) is 17.5. The van der Waals surface area contributed by atoms with Gasteiger partial charge in [0.15, 0.2) is 17.3 Å². The van der Waals surface area contributed by atoms with Crippen LogP contribution in [0.4, 0.5) is 4.39 Å². The van der Waals surface area contributed by atoms with Crippen molar-refractivity contribution in [2.24, 2.45) is 0 Å². The molecule has 144 valence electrons. The summed E-state index contributed by atoms with van der Waals surface area (Å²) in [6, 6.07) is 4.67. The average molecular weight is 381 g/mol. The number of hydrogen-bond donors (Lipinski definition) is 0. The van der Waals surface area contributed by atoms with Crippen molar-refractivity contribution in [1.29, 1.82) is 0 Å². The molecule has 0 amide bonds. The summed E-state index contributed by atoms with van der Waals surface area (Å²) >= 11 is 0. The topological polar surface area (TPSA) is 83.0 Å². The van der Waals surface area contributed by atoms with Crippen LogP contribution in [0.15, 0.2) is 36.9 Å². The molecule has 0 fully saturated rings. The Bertz CT molecular complexity index is 1100. The Morgan fingerprint density at radius 3 is 2.86 bits per heavy atom. The number of ether oxygens (including phenoxy) is 1. The Morgan fingerprint density at radius 1 is 1.18 bits per heavy atom. The summed E-state index contributed by atoms with van der Waals surface area (Å²) in [6.45, 7) is 2.93. The van der Waals surface area contributed by atoms with Gasteiger partial charge in [-0.3, -0.25) is 0 Å². The third-order valence-electron chi connectivity index (χ3n) is 4.37. The first-order chi connectivity index (χ1) is 13.7. The van der Waals surface area contributed by atoms with E-state index in [4.69, 9.17) is 4.74 Å². The second-order valence-corrected chi connectivity index (χ2v) is 6.37. The van der Waals surface area contributed by atoms with E-state index in [0.29, 0.717) is 30.5 Å². The van der Waals surface area contributed by atoms with Crippen LogP contribution in [0.3, 0.4) is 0 Å². The van der Waals surface area contributed by atoms with Crippen LogP contribution in [0.1, 0.15) is 30.4 Å². The number of aryl methyl sites for hydroxylation is 1. The molecule has 4 aromatic rings. The largest absolute Gasteiger partial charge is 0.377 e. The molecule has 4 aromatic heterocycles. The third kappa shape index (κ3) is 3.48. The van der Waals surface area contributed by atoms with Gasteiger partial charge in [-0.2, -0.15) is 4.39 Å². The summed E-state index contributed by atoms with van der Waals surface area (Å²) in [6.07, 6.45) is 6.94. The molecule has 0 spiro atoms. The van der Waals surface area contributed by atoms with Crippen LogP contribution in [-0.2, 0) is 24.3 Å². The Hall–Kier alpha value is -3.20. The standard InChI is InChI=1S/C19H20FN7O/c1-3-5-13-15(22-12-27-18(13)24-17(25-27)11-28-2)10-26-9-8-21-19(26)14-6-4-7-16(20)23-14/h4,6-9,12H,3,5,10-11H2,1-2H3. The number of methoxy groups -OCH3 is 1. The number of imidazole rings is 1. The van der Waals surface area contributed by atoms with Crippen LogP contribution in [0.2, 0.25) is 0 Å². The van der Waals surface area contributed by atoms with Crippen LogP contribution in [0, 0.1) is 5.95 Å². The SMILES string of the molecule is CCCc1c(Cn2ccnc2-c2cccc(F)n2)ncn2nc(COC)nc12. The molecule has 0 atom stereocenters.